The van der Waals surface area contributed by atoms with Gasteiger partial charge in [0.1, 0.15) is 6.10 Å². The molecule has 270 valence electrons. The van der Waals surface area contributed by atoms with Crippen LogP contribution in [0.15, 0.2) is 35.5 Å². The van der Waals surface area contributed by atoms with Gasteiger partial charge >= 0.3 is 5.97 Å². The molecule has 0 aromatic carbocycles. The number of hydrogen-bond acceptors (Lipinski definition) is 5. The molecule has 2 aliphatic heterocycles. The Labute approximate surface area is 286 Å². The number of rotatable bonds is 8. The summed E-state index contributed by atoms with van der Waals surface area (Å²) in [6.45, 7) is 35.5. The summed E-state index contributed by atoms with van der Waals surface area (Å²) in [4.78, 5) is 13.9. The van der Waals surface area contributed by atoms with Crippen molar-refractivity contribution in [2.75, 3.05) is 13.2 Å². The van der Waals surface area contributed by atoms with Crippen LogP contribution in [0.1, 0.15) is 143 Å². The van der Waals surface area contributed by atoms with Crippen LogP contribution in [0.25, 0.3) is 0 Å². The van der Waals surface area contributed by atoms with Gasteiger partial charge in [-0.15, -0.1) is 0 Å². The first-order valence-electron chi connectivity index (χ1n) is 18.9. The summed E-state index contributed by atoms with van der Waals surface area (Å²) in [5.74, 6) is 1.56. The summed E-state index contributed by atoms with van der Waals surface area (Å²) in [5.41, 5.74) is 2.10. The van der Waals surface area contributed by atoms with E-state index in [2.05, 4.69) is 100 Å². The van der Waals surface area contributed by atoms with Crippen LogP contribution in [0.2, 0.25) is 0 Å². The molecule has 0 saturated carbocycles. The van der Waals surface area contributed by atoms with Crippen LogP contribution in [0.3, 0.4) is 0 Å². The Morgan fingerprint density at radius 2 is 1.61 bits per heavy atom. The highest BCUT2D eigenvalue weighted by Gasteiger charge is 2.52. The average molecular weight is 649 g/mol. The third kappa shape index (κ3) is 12.5. The second kappa shape index (κ2) is 23.0. The largest absolute Gasteiger partial charge is 0.462 e. The van der Waals surface area contributed by atoms with Crippen LogP contribution in [0.4, 0.5) is 0 Å². The first kappa shape index (κ1) is 44.6. The van der Waals surface area contributed by atoms with E-state index in [0.717, 1.165) is 19.3 Å². The van der Waals surface area contributed by atoms with Crippen molar-refractivity contribution in [3.63, 3.8) is 0 Å². The first-order chi connectivity index (χ1) is 21.8. The second-order valence-electron chi connectivity index (χ2n) is 13.7. The lowest BCUT2D eigenvalue weighted by Crippen LogP contribution is -2.44. The summed E-state index contributed by atoms with van der Waals surface area (Å²) in [7, 11) is 0. The molecule has 0 aromatic rings. The SMILES string of the molecule is CC.CC.CCC1CC(OC(C)C(C)C(C)CC)OCC/C=C(\C)C(C)C(C)/C=C/C=C2\COC(C(C)CC)C2(C)C(C)C(=O)O1. The van der Waals surface area contributed by atoms with E-state index in [1.54, 1.807) is 0 Å². The van der Waals surface area contributed by atoms with Crippen LogP contribution in [0, 0.1) is 40.9 Å². The van der Waals surface area contributed by atoms with Crippen LogP contribution in [0.5, 0.6) is 0 Å². The quantitative estimate of drug-likeness (QED) is 0.194. The zero-order valence-electron chi connectivity index (χ0n) is 33.1. The van der Waals surface area contributed by atoms with Gasteiger partial charge in [0.15, 0.2) is 6.29 Å². The molecular formula is C41H76O5. The Bertz CT molecular complexity index is 922. The third-order valence-corrected chi connectivity index (χ3v) is 11.1. The van der Waals surface area contributed by atoms with Gasteiger partial charge in [-0.3, -0.25) is 4.79 Å². The maximum absolute atomic E-state index is 13.9. The van der Waals surface area contributed by atoms with Crippen molar-refractivity contribution in [1.82, 2.24) is 0 Å². The Morgan fingerprint density at radius 3 is 2.17 bits per heavy atom. The minimum Gasteiger partial charge on any atom is -0.462 e. The van der Waals surface area contributed by atoms with Gasteiger partial charge in [0.05, 0.1) is 31.3 Å². The maximum Gasteiger partial charge on any atom is 0.309 e. The average Bonchev–Trinajstić information content (AvgIpc) is 3.41. The predicted octanol–water partition coefficient (Wildman–Crippen LogP) is 11.4. The minimum atomic E-state index is -0.447. The molecular weight excluding hydrogens is 572 g/mol. The van der Waals surface area contributed by atoms with Crippen LogP contribution in [-0.4, -0.2) is 43.8 Å². The molecule has 2 heterocycles. The fraction of sp³-hybridized carbons (Fsp3) is 0.829. The number of cyclic esters (lactones) is 1. The van der Waals surface area contributed by atoms with Crippen molar-refractivity contribution in [1.29, 1.82) is 0 Å². The molecule has 11 unspecified atom stereocenters. The molecule has 11 atom stereocenters. The van der Waals surface area contributed by atoms with E-state index in [9.17, 15) is 4.79 Å². The monoisotopic (exact) mass is 649 g/mol. The van der Waals surface area contributed by atoms with Gasteiger partial charge in [0, 0.05) is 11.8 Å². The molecule has 2 aliphatic rings. The van der Waals surface area contributed by atoms with E-state index in [-0.39, 0.29) is 30.2 Å². The molecule has 1 fully saturated rings. The second-order valence-corrected chi connectivity index (χ2v) is 13.7. The minimum absolute atomic E-state index is 0.0402. The van der Waals surface area contributed by atoms with Crippen molar-refractivity contribution < 1.29 is 23.7 Å². The Balaban J connectivity index is 0.00000486. The predicted molar refractivity (Wildman–Crippen MR) is 197 cm³/mol. The number of allylic oxidation sites excluding steroid dienone is 4. The lowest BCUT2D eigenvalue weighted by molar-refractivity contribution is -0.198. The smallest absolute Gasteiger partial charge is 0.309 e. The molecule has 0 aliphatic carbocycles. The number of esters is 1. The van der Waals surface area contributed by atoms with Crippen molar-refractivity contribution in [3.05, 3.63) is 35.5 Å². The highest BCUT2D eigenvalue weighted by molar-refractivity contribution is 5.74. The number of hydrogen-bond donors (Lipinski definition) is 0. The van der Waals surface area contributed by atoms with E-state index in [1.165, 1.54) is 11.1 Å². The lowest BCUT2D eigenvalue weighted by atomic mass is 9.66. The third-order valence-electron chi connectivity index (χ3n) is 11.1. The summed E-state index contributed by atoms with van der Waals surface area (Å²) in [6.07, 6.45) is 12.4. The molecule has 5 heteroatoms. The number of carbonyl (C=O) groups excluding carboxylic acids is 1. The highest BCUT2D eigenvalue weighted by Crippen LogP contribution is 2.49. The van der Waals surface area contributed by atoms with Crippen molar-refractivity contribution in [2.24, 2.45) is 40.9 Å². The van der Waals surface area contributed by atoms with Gasteiger partial charge in [-0.2, -0.15) is 0 Å². The van der Waals surface area contributed by atoms with Crippen LogP contribution < -0.4 is 0 Å². The highest BCUT2D eigenvalue weighted by atomic mass is 16.7. The summed E-state index contributed by atoms with van der Waals surface area (Å²) in [6, 6.07) is 0. The standard InChI is InChI=1S/C37H64O5.2C2H6/c1-13-24(4)29(9)31(11)41-34-22-33(15-3)42-36(38)30(10)37(12)32(23-40-35(37)25(5)14-2)20-16-18-26(6)28(8)27(7)19-17-21-39-34;2*1-2/h16,18-20,24-26,28-31,33-35H,13-15,17,21-23H2,1-12H3;2*1-2H3/b18-16+,27-19+,32-20+;;. The van der Waals surface area contributed by atoms with Gasteiger partial charge < -0.3 is 18.9 Å². The van der Waals surface area contributed by atoms with E-state index in [0.29, 0.717) is 55.6 Å². The van der Waals surface area contributed by atoms with E-state index >= 15 is 0 Å². The molecule has 46 heavy (non-hydrogen) atoms. The Morgan fingerprint density at radius 1 is 0.978 bits per heavy atom. The molecule has 0 spiro atoms. The van der Waals surface area contributed by atoms with Gasteiger partial charge in [-0.1, -0.05) is 140 Å². The normalized spacial score (nSPS) is 35.3. The van der Waals surface area contributed by atoms with Gasteiger partial charge in [0.25, 0.3) is 0 Å². The molecule has 0 amide bonds. The molecule has 1 saturated heterocycles. The van der Waals surface area contributed by atoms with E-state index in [1.807, 2.05) is 34.6 Å². The topological polar surface area (TPSA) is 54.0 Å². The van der Waals surface area contributed by atoms with Crippen LogP contribution >= 0.6 is 0 Å². The van der Waals surface area contributed by atoms with E-state index in [4.69, 9.17) is 18.9 Å². The van der Waals surface area contributed by atoms with Gasteiger partial charge in [-0.25, -0.2) is 0 Å². The van der Waals surface area contributed by atoms with Crippen LogP contribution in [-0.2, 0) is 23.7 Å². The Kier molecular flexibility index (Phi) is 22.3. The van der Waals surface area contributed by atoms with Crippen molar-refractivity contribution in [3.8, 4) is 0 Å². The molecule has 0 N–H and O–H groups in total. The summed E-state index contributed by atoms with van der Waals surface area (Å²) < 4.78 is 25.6. The fourth-order valence-corrected chi connectivity index (χ4v) is 6.40. The summed E-state index contributed by atoms with van der Waals surface area (Å²) in [5, 5.41) is 0. The fourth-order valence-electron chi connectivity index (χ4n) is 6.40. The lowest BCUT2D eigenvalue weighted by Gasteiger charge is -2.39. The number of carbonyl (C=O) groups is 1. The zero-order chi connectivity index (χ0) is 35.6. The van der Waals surface area contributed by atoms with Crippen molar-refractivity contribution in [2.45, 2.75) is 167 Å². The molecule has 0 radical (unpaired) electrons. The van der Waals surface area contributed by atoms with Crippen molar-refractivity contribution >= 4 is 5.97 Å². The Hall–Kier alpha value is -1.43. The first-order valence-corrected chi connectivity index (χ1v) is 18.9. The molecule has 5 nitrogen and oxygen atoms in total. The molecule has 0 aromatic heterocycles. The van der Waals surface area contributed by atoms with E-state index < -0.39 is 11.7 Å². The number of ether oxygens (including phenoxy) is 4. The van der Waals surface area contributed by atoms with Gasteiger partial charge in [0.2, 0.25) is 0 Å². The maximum atomic E-state index is 13.9. The zero-order valence-corrected chi connectivity index (χ0v) is 33.1. The number of fused-ring (bicyclic) bond motifs is 1. The van der Waals surface area contributed by atoms with Gasteiger partial charge in [-0.05, 0) is 61.9 Å². The summed E-state index contributed by atoms with van der Waals surface area (Å²) >= 11 is 0. The molecule has 2 rings (SSSR count). The molecule has 0 bridgehead atoms.